The number of Topliss-reactive ketones (excluding diaryl/α,β-unsaturated/α-hetero) is 1. The number of anilines is 1. The fourth-order valence-electron chi connectivity index (χ4n) is 4.99. The first kappa shape index (κ1) is 23.0. The molecule has 0 spiro atoms. The molecule has 2 aromatic rings. The fourth-order valence-corrected chi connectivity index (χ4v) is 4.99. The molecule has 1 fully saturated rings. The average Bonchev–Trinajstić information content (AvgIpc) is 2.73. The van der Waals surface area contributed by atoms with E-state index in [0.29, 0.717) is 24.1 Å². The maximum Gasteiger partial charge on any atom is 0.254 e. The molecular weight excluding hydrogens is 422 g/mol. The molecule has 2 aromatic carbocycles. The third kappa shape index (κ3) is 4.52. The van der Waals surface area contributed by atoms with Gasteiger partial charge in [-0.25, -0.2) is 8.78 Å². The van der Waals surface area contributed by atoms with E-state index < -0.39 is 29.4 Å². The normalized spacial score (nSPS) is 22.0. The van der Waals surface area contributed by atoms with Crippen molar-refractivity contribution in [2.75, 3.05) is 5.32 Å². The Morgan fingerprint density at radius 1 is 1.09 bits per heavy atom. The Morgan fingerprint density at radius 2 is 1.79 bits per heavy atom. The van der Waals surface area contributed by atoms with E-state index in [1.807, 2.05) is 38.1 Å². The molecule has 1 heterocycles. The fraction of sp³-hybridized carbons (Fsp3) is 0.370. The molecule has 172 valence electrons. The molecule has 1 unspecified atom stereocenters. The number of aliphatic imine (C=N–C) groups is 1. The lowest BCUT2D eigenvalue weighted by Crippen LogP contribution is -2.44. The van der Waals surface area contributed by atoms with E-state index in [4.69, 9.17) is 4.99 Å². The number of ketones is 1. The highest BCUT2D eigenvalue weighted by Crippen LogP contribution is 2.47. The van der Waals surface area contributed by atoms with Crippen LogP contribution in [0.3, 0.4) is 0 Å². The van der Waals surface area contributed by atoms with Gasteiger partial charge in [-0.2, -0.15) is 0 Å². The first-order valence-electron chi connectivity index (χ1n) is 11.3. The number of rotatable bonds is 4. The number of benzene rings is 2. The number of carbonyl (C=O) groups is 2. The molecule has 1 saturated carbocycles. The predicted octanol–water partition coefficient (Wildman–Crippen LogP) is 5.98. The van der Waals surface area contributed by atoms with Crippen LogP contribution in [0.5, 0.6) is 0 Å². The van der Waals surface area contributed by atoms with Crippen LogP contribution in [-0.4, -0.2) is 17.4 Å². The molecular formula is C27H28F2N2O2. The second kappa shape index (κ2) is 8.65. The molecule has 2 aliphatic rings. The number of hydrogen-bond donors (Lipinski definition) is 1. The zero-order valence-corrected chi connectivity index (χ0v) is 19.3. The van der Waals surface area contributed by atoms with Gasteiger partial charge in [0.25, 0.3) is 5.91 Å². The number of fused-ring (bicyclic) bond motifs is 1. The molecule has 0 saturated heterocycles. The van der Waals surface area contributed by atoms with E-state index in [1.165, 1.54) is 6.07 Å². The quantitative estimate of drug-likeness (QED) is 0.623. The molecule has 33 heavy (non-hydrogen) atoms. The van der Waals surface area contributed by atoms with Gasteiger partial charge in [0, 0.05) is 35.4 Å². The number of nitrogens with zero attached hydrogens (tertiary/aromatic N) is 1. The molecule has 1 amide bonds. The first-order chi connectivity index (χ1) is 15.6. The lowest BCUT2D eigenvalue weighted by molar-refractivity contribution is -0.124. The molecule has 1 aliphatic carbocycles. The zero-order valence-electron chi connectivity index (χ0n) is 19.3. The molecule has 0 aromatic heterocycles. The lowest BCUT2D eigenvalue weighted by atomic mass is 9.63. The highest BCUT2D eigenvalue weighted by molar-refractivity contribution is 6.14. The van der Waals surface area contributed by atoms with Crippen molar-refractivity contribution in [1.29, 1.82) is 0 Å². The van der Waals surface area contributed by atoms with Crippen molar-refractivity contribution in [1.82, 2.24) is 0 Å². The van der Waals surface area contributed by atoms with Crippen LogP contribution < -0.4 is 5.32 Å². The van der Waals surface area contributed by atoms with E-state index in [9.17, 15) is 18.4 Å². The molecule has 6 heteroatoms. The first-order valence-corrected chi connectivity index (χ1v) is 11.3. The van der Waals surface area contributed by atoms with Gasteiger partial charge in [-0.1, -0.05) is 45.0 Å². The Hall–Kier alpha value is -3.15. The van der Waals surface area contributed by atoms with Crippen LogP contribution in [-0.2, 0) is 16.0 Å². The highest BCUT2D eigenvalue weighted by atomic mass is 19.1. The number of hydrogen-bond acceptors (Lipinski definition) is 3. The molecule has 1 N–H and O–H groups in total. The number of halogens is 2. The Bertz CT molecular complexity index is 1180. The predicted molar refractivity (Wildman–Crippen MR) is 125 cm³/mol. The van der Waals surface area contributed by atoms with Gasteiger partial charge in [-0.05, 0) is 48.4 Å². The summed E-state index contributed by atoms with van der Waals surface area (Å²) in [6.45, 7) is 7.91. The number of allylic oxidation sites excluding steroid dienone is 1. The van der Waals surface area contributed by atoms with Crippen LogP contribution in [0.15, 0.2) is 58.7 Å². The number of aryl methyl sites for hydroxylation is 1. The summed E-state index contributed by atoms with van der Waals surface area (Å²) < 4.78 is 27.6. The van der Waals surface area contributed by atoms with Crippen molar-refractivity contribution >= 4 is 23.1 Å². The van der Waals surface area contributed by atoms with Crippen molar-refractivity contribution < 1.29 is 18.4 Å². The van der Waals surface area contributed by atoms with Crippen LogP contribution in [0, 0.1) is 23.0 Å². The third-order valence-corrected chi connectivity index (χ3v) is 6.53. The summed E-state index contributed by atoms with van der Waals surface area (Å²) in [6, 6.07) is 10.9. The van der Waals surface area contributed by atoms with Crippen molar-refractivity contribution in [3.8, 4) is 0 Å². The van der Waals surface area contributed by atoms with Gasteiger partial charge >= 0.3 is 0 Å². The summed E-state index contributed by atoms with van der Waals surface area (Å²) in [4.78, 5) is 31.5. The monoisotopic (exact) mass is 450 g/mol. The highest BCUT2D eigenvalue weighted by Gasteiger charge is 2.47. The van der Waals surface area contributed by atoms with E-state index in [0.717, 1.165) is 35.4 Å². The van der Waals surface area contributed by atoms with Gasteiger partial charge in [-0.3, -0.25) is 14.6 Å². The molecule has 0 bridgehead atoms. The Morgan fingerprint density at radius 3 is 2.42 bits per heavy atom. The van der Waals surface area contributed by atoms with Crippen LogP contribution in [0.2, 0.25) is 0 Å². The number of amides is 1. The molecule has 0 radical (unpaired) electrons. The van der Waals surface area contributed by atoms with Gasteiger partial charge in [0.1, 0.15) is 17.4 Å². The molecule has 1 aliphatic heterocycles. The minimum absolute atomic E-state index is 0.0559. The van der Waals surface area contributed by atoms with Crippen molar-refractivity contribution in [2.24, 2.45) is 16.3 Å². The van der Waals surface area contributed by atoms with E-state index in [1.54, 1.807) is 6.92 Å². The molecule has 4 rings (SSSR count). The average molecular weight is 451 g/mol. The summed E-state index contributed by atoms with van der Waals surface area (Å²) in [7, 11) is 0. The van der Waals surface area contributed by atoms with Crippen LogP contribution in [0.1, 0.15) is 57.6 Å². The molecule has 4 nitrogen and oxygen atoms in total. The largest absolute Gasteiger partial charge is 0.320 e. The van der Waals surface area contributed by atoms with Crippen molar-refractivity contribution in [3.63, 3.8) is 0 Å². The van der Waals surface area contributed by atoms with Gasteiger partial charge in [0.15, 0.2) is 0 Å². The second-order valence-corrected chi connectivity index (χ2v) is 9.72. The topological polar surface area (TPSA) is 58.5 Å². The number of nitrogens with one attached hydrogen (secondary N) is 1. The number of carbonyl (C=O) groups excluding carboxylic acids is 2. The zero-order chi connectivity index (χ0) is 23.9. The van der Waals surface area contributed by atoms with Crippen molar-refractivity contribution in [2.45, 2.75) is 52.9 Å². The summed E-state index contributed by atoms with van der Waals surface area (Å²) in [6.07, 6.45) is 1.95. The van der Waals surface area contributed by atoms with Gasteiger partial charge in [-0.15, -0.1) is 0 Å². The van der Waals surface area contributed by atoms with Crippen molar-refractivity contribution in [3.05, 3.63) is 76.5 Å². The second-order valence-electron chi connectivity index (χ2n) is 9.72. The molecule has 2 atom stereocenters. The van der Waals surface area contributed by atoms with Gasteiger partial charge < -0.3 is 5.32 Å². The maximum atomic E-state index is 14.2. The summed E-state index contributed by atoms with van der Waals surface area (Å²) in [5.41, 5.74) is 3.33. The maximum absolute atomic E-state index is 14.2. The summed E-state index contributed by atoms with van der Waals surface area (Å²) in [5, 5.41) is 2.57. The van der Waals surface area contributed by atoms with Gasteiger partial charge in [0.05, 0.1) is 11.6 Å². The Balaban J connectivity index is 1.80. The minimum atomic E-state index is -0.860. The summed E-state index contributed by atoms with van der Waals surface area (Å²) >= 11 is 0. The van der Waals surface area contributed by atoms with Crippen LogP contribution in [0.25, 0.3) is 0 Å². The Labute approximate surface area is 192 Å². The van der Waals surface area contributed by atoms with Crippen LogP contribution in [0.4, 0.5) is 14.5 Å². The van der Waals surface area contributed by atoms with E-state index in [-0.39, 0.29) is 16.9 Å². The van der Waals surface area contributed by atoms with Gasteiger partial charge in [0.2, 0.25) is 0 Å². The lowest BCUT2D eigenvalue weighted by Gasteiger charge is -2.41. The van der Waals surface area contributed by atoms with Crippen LogP contribution >= 0.6 is 0 Å². The SMILES string of the molecule is CCc1ccc([C@H]2C(C(=O)Nc3ccc(F)cc3F)=C(C)N=C3CC(C)(C)CC(=O)C32)cc1. The summed E-state index contributed by atoms with van der Waals surface area (Å²) in [5.74, 6) is -3.12. The van der Waals surface area contributed by atoms with E-state index in [2.05, 4.69) is 12.2 Å². The van der Waals surface area contributed by atoms with E-state index >= 15 is 0 Å². The standard InChI is InChI=1S/C27H28F2N2O2/c1-5-16-6-8-17(9-7-16)24-23(26(33)31-20-11-10-18(28)12-19(20)29)15(2)30-21-13-27(3,4)14-22(32)25(21)24/h6-12,24-25H,5,13-14H2,1-4H3,(H,31,33)/t24-,25?/m0/s1. The smallest absolute Gasteiger partial charge is 0.254 e. The third-order valence-electron chi connectivity index (χ3n) is 6.53. The minimum Gasteiger partial charge on any atom is -0.320 e. The Kier molecular flexibility index (Phi) is 6.04.